The van der Waals surface area contributed by atoms with Crippen LogP contribution in [-0.2, 0) is 0 Å². The maximum Gasteiger partial charge on any atom is 0.174 e. The Morgan fingerprint density at radius 1 is 1.06 bits per heavy atom. The van der Waals surface area contributed by atoms with E-state index in [-0.39, 0.29) is 12.1 Å². The van der Waals surface area contributed by atoms with Crippen molar-refractivity contribution in [1.29, 1.82) is 0 Å². The number of thiocarbonyl (C=S) groups is 1. The molecule has 2 aliphatic rings. The van der Waals surface area contributed by atoms with Gasteiger partial charge in [-0.25, -0.2) is 0 Å². The number of nitrogens with one attached hydrogen (secondary N) is 1. The highest BCUT2D eigenvalue weighted by molar-refractivity contribution is 7.80. The standard InChI is InChI=1S/C28H34ClN5S/c1-18(2)33-13-7-9-25(33)27-26(23-8-5-6-12-30-23)31-28(35)34(27)21-10-11-24(22(29)15-21)32-16-19(3)14-20(4)17-32/h5-13,15,18-20,26-27H,14,16-17H2,1-4H3,(H,31,35)/t19-,20+,26-,27-/m1/s1. The molecule has 0 amide bonds. The molecule has 0 bridgehead atoms. The van der Waals surface area contributed by atoms with Gasteiger partial charge in [-0.2, -0.15) is 0 Å². The average Bonchev–Trinajstić information content (AvgIpc) is 3.43. The number of nitrogens with zero attached hydrogens (tertiary/aromatic N) is 4. The van der Waals surface area contributed by atoms with Gasteiger partial charge in [0.2, 0.25) is 0 Å². The van der Waals surface area contributed by atoms with Gasteiger partial charge in [0.05, 0.1) is 22.4 Å². The summed E-state index contributed by atoms with van der Waals surface area (Å²) in [6, 6.07) is 16.9. The minimum absolute atomic E-state index is 0.0493. The van der Waals surface area contributed by atoms with Gasteiger partial charge >= 0.3 is 0 Å². The van der Waals surface area contributed by atoms with Gasteiger partial charge in [-0.3, -0.25) is 4.98 Å². The lowest BCUT2D eigenvalue weighted by Crippen LogP contribution is -2.38. The first-order valence-corrected chi connectivity index (χ1v) is 13.3. The number of benzene rings is 1. The molecule has 0 radical (unpaired) electrons. The van der Waals surface area contributed by atoms with Crippen molar-refractivity contribution in [3.8, 4) is 0 Å². The van der Waals surface area contributed by atoms with Crippen LogP contribution in [0.2, 0.25) is 5.02 Å². The molecular formula is C28H34ClN5S. The number of aromatic nitrogens is 2. The third-order valence-corrected chi connectivity index (χ3v) is 7.81. The molecular weight excluding hydrogens is 474 g/mol. The van der Waals surface area contributed by atoms with Crippen LogP contribution in [0.15, 0.2) is 60.9 Å². The maximum atomic E-state index is 6.94. The molecule has 4 atom stereocenters. The molecule has 1 N–H and O–H groups in total. The quantitative estimate of drug-likeness (QED) is 0.385. The third kappa shape index (κ3) is 4.66. The second kappa shape index (κ2) is 9.82. The van der Waals surface area contributed by atoms with Crippen LogP contribution >= 0.6 is 23.8 Å². The molecule has 1 aromatic carbocycles. The number of piperidine rings is 1. The number of halogens is 1. The predicted molar refractivity (Wildman–Crippen MR) is 149 cm³/mol. The van der Waals surface area contributed by atoms with Crippen LogP contribution in [-0.4, -0.2) is 27.8 Å². The molecule has 2 aliphatic heterocycles. The van der Waals surface area contributed by atoms with Crippen LogP contribution in [0.5, 0.6) is 0 Å². The number of hydrogen-bond donors (Lipinski definition) is 1. The van der Waals surface area contributed by atoms with Gasteiger partial charge in [0, 0.05) is 42.9 Å². The molecule has 3 aromatic rings. The summed E-state index contributed by atoms with van der Waals surface area (Å²) in [5, 5.41) is 5.02. The summed E-state index contributed by atoms with van der Waals surface area (Å²) in [7, 11) is 0. The second-order valence-corrected chi connectivity index (χ2v) is 11.2. The van der Waals surface area contributed by atoms with Crippen LogP contribution in [0.25, 0.3) is 0 Å². The van der Waals surface area contributed by atoms with Crippen molar-refractivity contribution in [1.82, 2.24) is 14.9 Å². The van der Waals surface area contributed by atoms with Crippen LogP contribution in [0.1, 0.15) is 63.6 Å². The van der Waals surface area contributed by atoms with Crippen LogP contribution < -0.4 is 15.1 Å². The van der Waals surface area contributed by atoms with E-state index in [2.05, 4.69) is 95.0 Å². The minimum atomic E-state index is -0.0710. The highest BCUT2D eigenvalue weighted by Gasteiger charge is 2.42. The van der Waals surface area contributed by atoms with E-state index < -0.39 is 0 Å². The first kappa shape index (κ1) is 24.1. The normalized spacial score (nSPS) is 24.8. The molecule has 0 unspecified atom stereocenters. The van der Waals surface area contributed by atoms with Crippen LogP contribution in [0, 0.1) is 11.8 Å². The first-order chi connectivity index (χ1) is 16.8. The van der Waals surface area contributed by atoms with E-state index in [4.69, 9.17) is 23.8 Å². The molecule has 0 aliphatic carbocycles. The lowest BCUT2D eigenvalue weighted by molar-refractivity contribution is 0.357. The van der Waals surface area contributed by atoms with Gasteiger partial charge in [0.1, 0.15) is 6.04 Å². The van der Waals surface area contributed by atoms with E-state index in [1.807, 2.05) is 18.3 Å². The zero-order valence-corrected chi connectivity index (χ0v) is 22.4. The van der Waals surface area contributed by atoms with Gasteiger partial charge in [0.25, 0.3) is 0 Å². The molecule has 7 heteroatoms. The molecule has 35 heavy (non-hydrogen) atoms. The topological polar surface area (TPSA) is 36.3 Å². The third-order valence-electron chi connectivity index (χ3n) is 7.19. The molecule has 184 valence electrons. The lowest BCUT2D eigenvalue weighted by atomic mass is 9.91. The molecule has 2 saturated heterocycles. The lowest BCUT2D eigenvalue weighted by Gasteiger charge is -2.37. The molecule has 5 nitrogen and oxygen atoms in total. The van der Waals surface area contributed by atoms with Gasteiger partial charge < -0.3 is 19.7 Å². The van der Waals surface area contributed by atoms with Crippen molar-refractivity contribution >= 4 is 40.3 Å². The Labute approximate surface area is 219 Å². The fourth-order valence-electron chi connectivity index (χ4n) is 5.82. The Morgan fingerprint density at radius 2 is 1.83 bits per heavy atom. The first-order valence-electron chi connectivity index (χ1n) is 12.6. The van der Waals surface area contributed by atoms with Gasteiger partial charge in [0.15, 0.2) is 5.11 Å². The van der Waals surface area contributed by atoms with Crippen molar-refractivity contribution in [3.63, 3.8) is 0 Å². The Balaban J connectivity index is 1.55. The summed E-state index contributed by atoms with van der Waals surface area (Å²) < 4.78 is 2.32. The predicted octanol–water partition coefficient (Wildman–Crippen LogP) is 6.78. The van der Waals surface area contributed by atoms with Gasteiger partial charge in [-0.15, -0.1) is 0 Å². The zero-order chi connectivity index (χ0) is 24.7. The van der Waals surface area contributed by atoms with E-state index in [0.717, 1.165) is 35.2 Å². The highest BCUT2D eigenvalue weighted by Crippen LogP contribution is 2.44. The molecule has 0 spiro atoms. The zero-order valence-electron chi connectivity index (χ0n) is 20.9. The van der Waals surface area contributed by atoms with E-state index in [1.165, 1.54) is 12.1 Å². The number of hydrogen-bond acceptors (Lipinski definition) is 3. The SMILES string of the molecule is CC(C)n1cccc1[C@@H]1[C@@H](c2ccccn2)NC(=S)N1c1ccc(N2C[C@H](C)C[C@H](C)C2)c(Cl)c1. The van der Waals surface area contributed by atoms with Crippen molar-refractivity contribution in [2.75, 3.05) is 22.9 Å². The van der Waals surface area contributed by atoms with E-state index in [1.54, 1.807) is 0 Å². The summed E-state index contributed by atoms with van der Waals surface area (Å²) in [5.41, 5.74) is 4.27. The highest BCUT2D eigenvalue weighted by atomic mass is 35.5. The summed E-state index contributed by atoms with van der Waals surface area (Å²) in [6.45, 7) is 11.1. The van der Waals surface area contributed by atoms with Crippen molar-refractivity contribution in [2.24, 2.45) is 11.8 Å². The van der Waals surface area contributed by atoms with Crippen molar-refractivity contribution < 1.29 is 0 Å². The maximum absolute atomic E-state index is 6.94. The van der Waals surface area contributed by atoms with Crippen LogP contribution in [0.4, 0.5) is 11.4 Å². The molecule has 2 aromatic heterocycles. The smallest absolute Gasteiger partial charge is 0.174 e. The molecule has 2 fully saturated rings. The van der Waals surface area contributed by atoms with E-state index in [9.17, 15) is 0 Å². The number of anilines is 2. The summed E-state index contributed by atoms with van der Waals surface area (Å²) in [5.74, 6) is 1.33. The summed E-state index contributed by atoms with van der Waals surface area (Å²) in [4.78, 5) is 9.32. The van der Waals surface area contributed by atoms with Crippen molar-refractivity contribution in [3.05, 3.63) is 77.3 Å². The number of rotatable bonds is 5. The Bertz CT molecular complexity index is 1180. The molecule has 0 saturated carbocycles. The fraction of sp³-hybridized carbons (Fsp3) is 0.429. The van der Waals surface area contributed by atoms with E-state index >= 15 is 0 Å². The van der Waals surface area contributed by atoms with Gasteiger partial charge in [-0.05, 0) is 86.8 Å². The molecule has 5 rings (SSSR count). The summed E-state index contributed by atoms with van der Waals surface area (Å²) >= 11 is 12.9. The largest absolute Gasteiger partial charge is 0.370 e. The summed E-state index contributed by atoms with van der Waals surface area (Å²) in [6.07, 6.45) is 5.25. The van der Waals surface area contributed by atoms with Gasteiger partial charge in [-0.1, -0.05) is 31.5 Å². The minimum Gasteiger partial charge on any atom is -0.370 e. The van der Waals surface area contributed by atoms with E-state index in [0.29, 0.717) is 23.0 Å². The monoisotopic (exact) mass is 507 g/mol. The fourth-order valence-corrected chi connectivity index (χ4v) is 6.46. The molecule has 4 heterocycles. The Morgan fingerprint density at radius 3 is 2.49 bits per heavy atom. The van der Waals surface area contributed by atoms with Crippen molar-refractivity contribution in [2.45, 2.75) is 52.2 Å². The average molecular weight is 508 g/mol. The second-order valence-electron chi connectivity index (χ2n) is 10.4. The Hall–Kier alpha value is -2.57. The van der Waals surface area contributed by atoms with Crippen LogP contribution in [0.3, 0.4) is 0 Å². The Kier molecular flexibility index (Phi) is 6.78. The number of pyridine rings is 1.